The summed E-state index contributed by atoms with van der Waals surface area (Å²) in [6.07, 6.45) is 2.18. The number of likely N-dealkylation sites (N-methyl/N-ethyl adjacent to an activating group) is 1. The van der Waals surface area contributed by atoms with Crippen LogP contribution in [0.1, 0.15) is 12.8 Å². The van der Waals surface area contributed by atoms with E-state index in [-0.39, 0.29) is 0 Å². The van der Waals surface area contributed by atoms with Crippen LogP contribution in [0, 0.1) is 17.2 Å². The molecule has 1 saturated carbocycles. The minimum atomic E-state index is -0.690. The van der Waals surface area contributed by atoms with Gasteiger partial charge in [0.2, 0.25) is 0 Å². The Morgan fingerprint density at radius 1 is 1.44 bits per heavy atom. The van der Waals surface area contributed by atoms with Crippen LogP contribution in [0.4, 0.5) is 5.69 Å². The average molecular weight is 215 g/mol. The van der Waals surface area contributed by atoms with Crippen LogP contribution in [0.2, 0.25) is 0 Å². The Morgan fingerprint density at radius 3 is 2.56 bits per heavy atom. The Kier molecular flexibility index (Phi) is 2.84. The molecule has 16 heavy (non-hydrogen) atoms. The number of nitriles is 1. The van der Waals surface area contributed by atoms with Crippen molar-refractivity contribution >= 4 is 5.69 Å². The van der Waals surface area contributed by atoms with Gasteiger partial charge in [0, 0.05) is 19.3 Å². The maximum atomic E-state index is 9.19. The zero-order valence-corrected chi connectivity index (χ0v) is 9.56. The molecule has 2 N–H and O–H groups in total. The zero-order valence-electron chi connectivity index (χ0n) is 9.56. The molecule has 1 aromatic rings. The number of hydrogen-bond donors (Lipinski definition) is 1. The molecule has 1 atom stereocenters. The molecule has 0 saturated heterocycles. The monoisotopic (exact) mass is 215 g/mol. The Labute approximate surface area is 96.5 Å². The van der Waals surface area contributed by atoms with E-state index in [1.165, 1.54) is 0 Å². The van der Waals surface area contributed by atoms with E-state index in [9.17, 15) is 5.26 Å². The van der Waals surface area contributed by atoms with E-state index >= 15 is 0 Å². The summed E-state index contributed by atoms with van der Waals surface area (Å²) in [5.41, 5.74) is 6.55. The van der Waals surface area contributed by atoms with Gasteiger partial charge in [0.05, 0.1) is 6.07 Å². The molecule has 0 radical (unpaired) electrons. The van der Waals surface area contributed by atoms with Crippen molar-refractivity contribution < 1.29 is 0 Å². The van der Waals surface area contributed by atoms with Crippen molar-refractivity contribution in [1.82, 2.24) is 0 Å². The standard InChI is InChI=1S/C13H17N3/c1-16(12-5-3-2-4-6-12)10-13(15,9-14)11-7-8-11/h2-6,11H,7-8,10,15H2,1H3. The molecule has 0 spiro atoms. The molecule has 1 aliphatic rings. The smallest absolute Gasteiger partial charge is 0.124 e. The Bertz CT molecular complexity index is 391. The maximum absolute atomic E-state index is 9.19. The Hall–Kier alpha value is -1.53. The molecule has 0 aromatic heterocycles. The highest BCUT2D eigenvalue weighted by atomic mass is 15.1. The van der Waals surface area contributed by atoms with Gasteiger partial charge >= 0.3 is 0 Å². The highest BCUT2D eigenvalue weighted by Crippen LogP contribution is 2.38. The molecule has 0 aliphatic heterocycles. The zero-order chi connectivity index (χ0) is 11.6. The highest BCUT2D eigenvalue weighted by molar-refractivity contribution is 5.46. The topological polar surface area (TPSA) is 53.0 Å². The number of anilines is 1. The number of nitrogens with two attached hydrogens (primary N) is 1. The third kappa shape index (κ3) is 2.17. The van der Waals surface area contributed by atoms with Crippen molar-refractivity contribution in [1.29, 1.82) is 5.26 Å². The molecule has 2 rings (SSSR count). The first-order valence-corrected chi connectivity index (χ1v) is 5.62. The van der Waals surface area contributed by atoms with Gasteiger partial charge in [-0.1, -0.05) is 18.2 Å². The van der Waals surface area contributed by atoms with Crippen molar-refractivity contribution in [3.63, 3.8) is 0 Å². The first-order chi connectivity index (χ1) is 7.65. The van der Waals surface area contributed by atoms with Crippen LogP contribution in [-0.2, 0) is 0 Å². The van der Waals surface area contributed by atoms with Crippen molar-refractivity contribution in [2.45, 2.75) is 18.4 Å². The second-order valence-electron chi connectivity index (χ2n) is 4.62. The molecular formula is C13H17N3. The summed E-state index contributed by atoms with van der Waals surface area (Å²) in [4.78, 5) is 2.06. The van der Waals surface area contributed by atoms with Crippen LogP contribution in [0.15, 0.2) is 30.3 Å². The van der Waals surface area contributed by atoms with Crippen molar-refractivity contribution in [2.75, 3.05) is 18.5 Å². The third-order valence-corrected chi connectivity index (χ3v) is 3.21. The van der Waals surface area contributed by atoms with Gasteiger partial charge in [-0.05, 0) is 30.9 Å². The number of para-hydroxylation sites is 1. The lowest BCUT2D eigenvalue weighted by molar-refractivity contribution is 0.476. The van der Waals surface area contributed by atoms with Crippen molar-refractivity contribution in [3.8, 4) is 6.07 Å². The van der Waals surface area contributed by atoms with E-state index in [0.29, 0.717) is 12.5 Å². The van der Waals surface area contributed by atoms with E-state index in [1.54, 1.807) is 0 Å². The van der Waals surface area contributed by atoms with Gasteiger partial charge in [0.1, 0.15) is 5.54 Å². The molecule has 0 heterocycles. The van der Waals surface area contributed by atoms with E-state index in [4.69, 9.17) is 5.73 Å². The Morgan fingerprint density at radius 2 is 2.06 bits per heavy atom. The van der Waals surface area contributed by atoms with E-state index in [1.807, 2.05) is 37.4 Å². The van der Waals surface area contributed by atoms with Crippen molar-refractivity contribution in [2.24, 2.45) is 11.7 Å². The largest absolute Gasteiger partial charge is 0.372 e. The summed E-state index contributed by atoms with van der Waals surface area (Å²) in [5, 5.41) is 9.19. The van der Waals surface area contributed by atoms with Crippen LogP contribution < -0.4 is 10.6 Å². The van der Waals surface area contributed by atoms with Crippen LogP contribution in [0.5, 0.6) is 0 Å². The minimum Gasteiger partial charge on any atom is -0.372 e. The first-order valence-electron chi connectivity index (χ1n) is 5.62. The molecular weight excluding hydrogens is 198 g/mol. The van der Waals surface area contributed by atoms with Crippen LogP contribution in [0.3, 0.4) is 0 Å². The fourth-order valence-electron chi connectivity index (χ4n) is 2.02. The van der Waals surface area contributed by atoms with Crippen molar-refractivity contribution in [3.05, 3.63) is 30.3 Å². The fraction of sp³-hybridized carbons (Fsp3) is 0.462. The van der Waals surface area contributed by atoms with E-state index in [2.05, 4.69) is 11.0 Å². The summed E-state index contributed by atoms with van der Waals surface area (Å²) < 4.78 is 0. The fourth-order valence-corrected chi connectivity index (χ4v) is 2.02. The summed E-state index contributed by atoms with van der Waals surface area (Å²) in [5.74, 6) is 0.378. The number of nitrogens with zero attached hydrogens (tertiary/aromatic N) is 2. The molecule has 84 valence electrons. The lowest BCUT2D eigenvalue weighted by Gasteiger charge is -2.29. The lowest BCUT2D eigenvalue weighted by Crippen LogP contribution is -2.50. The van der Waals surface area contributed by atoms with Gasteiger partial charge in [-0.3, -0.25) is 0 Å². The molecule has 0 bridgehead atoms. The normalized spacial score (nSPS) is 18.6. The molecule has 0 amide bonds. The number of rotatable bonds is 4. The van der Waals surface area contributed by atoms with Gasteiger partial charge < -0.3 is 10.6 Å². The molecule has 1 aliphatic carbocycles. The molecule has 1 aromatic carbocycles. The lowest BCUT2D eigenvalue weighted by atomic mass is 9.96. The quantitative estimate of drug-likeness (QED) is 0.832. The predicted molar refractivity (Wildman–Crippen MR) is 65.0 cm³/mol. The predicted octanol–water partition coefficient (Wildman–Crippen LogP) is 1.75. The summed E-state index contributed by atoms with van der Waals surface area (Å²) in [6, 6.07) is 12.3. The molecule has 1 unspecified atom stereocenters. The van der Waals surface area contributed by atoms with Gasteiger partial charge in [0.25, 0.3) is 0 Å². The highest BCUT2D eigenvalue weighted by Gasteiger charge is 2.43. The van der Waals surface area contributed by atoms with Gasteiger partial charge in [0.15, 0.2) is 0 Å². The number of hydrogen-bond acceptors (Lipinski definition) is 3. The van der Waals surface area contributed by atoms with Crippen LogP contribution in [-0.4, -0.2) is 19.1 Å². The second kappa shape index (κ2) is 4.15. The van der Waals surface area contributed by atoms with Gasteiger partial charge in [-0.2, -0.15) is 5.26 Å². The van der Waals surface area contributed by atoms with E-state index in [0.717, 1.165) is 18.5 Å². The Balaban J connectivity index is 2.07. The second-order valence-corrected chi connectivity index (χ2v) is 4.62. The summed E-state index contributed by atoms with van der Waals surface area (Å²) in [7, 11) is 1.98. The maximum Gasteiger partial charge on any atom is 0.124 e. The molecule has 1 fully saturated rings. The SMILES string of the molecule is CN(CC(N)(C#N)C1CC1)c1ccccc1. The van der Waals surface area contributed by atoms with Gasteiger partial charge in [-0.25, -0.2) is 0 Å². The molecule has 3 heteroatoms. The summed E-state index contributed by atoms with van der Waals surface area (Å²) in [6.45, 7) is 0.595. The summed E-state index contributed by atoms with van der Waals surface area (Å²) >= 11 is 0. The van der Waals surface area contributed by atoms with Gasteiger partial charge in [-0.15, -0.1) is 0 Å². The van der Waals surface area contributed by atoms with Crippen LogP contribution in [0.25, 0.3) is 0 Å². The third-order valence-electron chi connectivity index (χ3n) is 3.21. The first kappa shape index (κ1) is 11.0. The van der Waals surface area contributed by atoms with E-state index < -0.39 is 5.54 Å². The average Bonchev–Trinajstić information content (AvgIpc) is 3.14. The molecule has 3 nitrogen and oxygen atoms in total. The van der Waals surface area contributed by atoms with Crippen LogP contribution >= 0.6 is 0 Å². The number of benzene rings is 1. The minimum absolute atomic E-state index is 0.378.